The molecular formula is C16H20BrN5O. The summed E-state index contributed by atoms with van der Waals surface area (Å²) in [5, 5.41) is 14.6. The zero-order chi connectivity index (χ0) is 16.4. The van der Waals surface area contributed by atoms with Crippen LogP contribution in [0.3, 0.4) is 0 Å². The number of carbonyl (C=O) groups is 1. The zero-order valence-corrected chi connectivity index (χ0v) is 14.9. The summed E-state index contributed by atoms with van der Waals surface area (Å²) in [6.07, 6.45) is 2.02. The second kappa shape index (κ2) is 6.80. The number of hydrogen-bond acceptors (Lipinski definition) is 4. The van der Waals surface area contributed by atoms with Crippen LogP contribution < -0.4 is 10.6 Å². The summed E-state index contributed by atoms with van der Waals surface area (Å²) >= 11 is 3.42. The van der Waals surface area contributed by atoms with Crippen molar-refractivity contribution in [1.82, 2.24) is 20.3 Å². The summed E-state index contributed by atoms with van der Waals surface area (Å²) < 4.78 is 2.88. The lowest BCUT2D eigenvalue weighted by Gasteiger charge is -2.23. The van der Waals surface area contributed by atoms with Crippen LogP contribution in [-0.4, -0.2) is 34.0 Å². The highest BCUT2D eigenvalue weighted by Crippen LogP contribution is 2.23. The van der Waals surface area contributed by atoms with Gasteiger partial charge in [-0.2, -0.15) is 0 Å². The number of nitrogens with zero attached hydrogens (tertiary/aromatic N) is 3. The van der Waals surface area contributed by atoms with Crippen molar-refractivity contribution >= 4 is 27.5 Å². The topological polar surface area (TPSA) is 71.8 Å². The number of amides is 1. The van der Waals surface area contributed by atoms with Gasteiger partial charge in [0.15, 0.2) is 5.69 Å². The molecule has 1 amide bonds. The molecular weight excluding hydrogens is 358 g/mol. The second-order valence-corrected chi connectivity index (χ2v) is 6.78. The molecule has 0 aliphatic carbocycles. The minimum atomic E-state index is -0.215. The molecule has 1 aliphatic heterocycles. The Morgan fingerprint density at radius 1 is 1.35 bits per heavy atom. The Morgan fingerprint density at radius 2 is 2.09 bits per heavy atom. The van der Waals surface area contributed by atoms with Crippen LogP contribution in [0.25, 0.3) is 0 Å². The largest absolute Gasteiger partial charge is 0.320 e. The lowest BCUT2D eigenvalue weighted by atomic mass is 10.1. The molecule has 6 nitrogen and oxygen atoms in total. The Balaban J connectivity index is 1.78. The minimum absolute atomic E-state index is 0.215. The lowest BCUT2D eigenvalue weighted by molar-refractivity contribution is 0.102. The number of benzene rings is 1. The minimum Gasteiger partial charge on any atom is -0.320 e. The first-order chi connectivity index (χ1) is 11.1. The van der Waals surface area contributed by atoms with Gasteiger partial charge in [0.2, 0.25) is 0 Å². The monoisotopic (exact) mass is 377 g/mol. The molecule has 0 saturated carbocycles. The molecule has 1 fully saturated rings. The summed E-state index contributed by atoms with van der Waals surface area (Å²) in [5.74, 6) is -0.215. The molecule has 7 heteroatoms. The van der Waals surface area contributed by atoms with E-state index in [0.717, 1.165) is 47.3 Å². The van der Waals surface area contributed by atoms with Gasteiger partial charge in [-0.3, -0.25) is 4.79 Å². The fourth-order valence-electron chi connectivity index (χ4n) is 2.90. The van der Waals surface area contributed by atoms with E-state index >= 15 is 0 Å². The molecule has 1 saturated heterocycles. The van der Waals surface area contributed by atoms with Gasteiger partial charge in [0.05, 0.1) is 11.7 Å². The quantitative estimate of drug-likeness (QED) is 0.862. The first-order valence-corrected chi connectivity index (χ1v) is 8.55. The predicted octanol–water partition coefficient (Wildman–Crippen LogP) is 2.83. The van der Waals surface area contributed by atoms with E-state index in [9.17, 15) is 4.79 Å². The normalized spacial score (nSPS) is 15.6. The van der Waals surface area contributed by atoms with Crippen molar-refractivity contribution in [3.63, 3.8) is 0 Å². The number of hydrogen-bond donors (Lipinski definition) is 2. The number of aromatic nitrogens is 3. The molecule has 1 aromatic carbocycles. The smallest absolute Gasteiger partial charge is 0.278 e. The molecule has 1 aromatic heterocycles. The van der Waals surface area contributed by atoms with Gasteiger partial charge in [0, 0.05) is 10.2 Å². The lowest BCUT2D eigenvalue weighted by Crippen LogP contribution is -2.30. The van der Waals surface area contributed by atoms with E-state index in [-0.39, 0.29) is 5.91 Å². The van der Waals surface area contributed by atoms with Gasteiger partial charge in [-0.05, 0) is 63.5 Å². The van der Waals surface area contributed by atoms with E-state index in [1.807, 2.05) is 36.7 Å². The number of halogens is 1. The molecule has 0 unspecified atom stereocenters. The third kappa shape index (κ3) is 3.45. The fourth-order valence-corrected chi connectivity index (χ4v) is 3.37. The highest BCUT2D eigenvalue weighted by atomic mass is 79.9. The molecule has 3 rings (SSSR count). The maximum Gasteiger partial charge on any atom is 0.278 e. The van der Waals surface area contributed by atoms with Gasteiger partial charge >= 0.3 is 0 Å². The Bertz CT molecular complexity index is 721. The SMILES string of the molecule is Cc1cc(Br)ccc1NC(=O)c1nnn(C2CCNCC2)c1C. The van der Waals surface area contributed by atoms with E-state index in [1.54, 1.807) is 0 Å². The summed E-state index contributed by atoms with van der Waals surface area (Å²) in [7, 11) is 0. The molecule has 0 radical (unpaired) electrons. The van der Waals surface area contributed by atoms with Gasteiger partial charge in [0.1, 0.15) is 0 Å². The van der Waals surface area contributed by atoms with Crippen LogP contribution in [0.15, 0.2) is 22.7 Å². The van der Waals surface area contributed by atoms with Crippen molar-refractivity contribution in [2.75, 3.05) is 18.4 Å². The molecule has 0 spiro atoms. The molecule has 0 bridgehead atoms. The Kier molecular flexibility index (Phi) is 4.77. The van der Waals surface area contributed by atoms with Crippen molar-refractivity contribution in [1.29, 1.82) is 0 Å². The van der Waals surface area contributed by atoms with Crippen molar-refractivity contribution < 1.29 is 4.79 Å². The van der Waals surface area contributed by atoms with E-state index in [0.29, 0.717) is 11.7 Å². The van der Waals surface area contributed by atoms with Crippen LogP contribution in [0, 0.1) is 13.8 Å². The van der Waals surface area contributed by atoms with Gasteiger partial charge in [-0.25, -0.2) is 4.68 Å². The Hall–Kier alpha value is -1.73. The molecule has 0 atom stereocenters. The standard InChI is InChI=1S/C16H20BrN5O/c1-10-9-12(17)3-4-14(10)19-16(23)15-11(2)22(21-20-15)13-5-7-18-8-6-13/h3-4,9,13,18H,5-8H2,1-2H3,(H,19,23). The number of rotatable bonds is 3. The maximum absolute atomic E-state index is 12.5. The highest BCUT2D eigenvalue weighted by molar-refractivity contribution is 9.10. The van der Waals surface area contributed by atoms with Crippen molar-refractivity contribution in [2.24, 2.45) is 0 Å². The van der Waals surface area contributed by atoms with Crippen LogP contribution in [0.1, 0.15) is 40.6 Å². The van der Waals surface area contributed by atoms with Crippen LogP contribution in [0.4, 0.5) is 5.69 Å². The van der Waals surface area contributed by atoms with E-state index in [4.69, 9.17) is 0 Å². The average molecular weight is 378 g/mol. The number of piperidine rings is 1. The number of carbonyl (C=O) groups excluding carboxylic acids is 1. The second-order valence-electron chi connectivity index (χ2n) is 5.86. The van der Waals surface area contributed by atoms with Gasteiger partial charge < -0.3 is 10.6 Å². The van der Waals surface area contributed by atoms with Crippen molar-refractivity contribution in [2.45, 2.75) is 32.7 Å². The molecule has 1 aliphatic rings. The summed E-state index contributed by atoms with van der Waals surface area (Å²) in [5.41, 5.74) is 3.00. The number of anilines is 1. The molecule has 2 aromatic rings. The van der Waals surface area contributed by atoms with Crippen molar-refractivity contribution in [3.05, 3.63) is 39.6 Å². The Morgan fingerprint density at radius 3 is 2.78 bits per heavy atom. The first-order valence-electron chi connectivity index (χ1n) is 7.76. The average Bonchev–Trinajstić information content (AvgIpc) is 2.92. The summed E-state index contributed by atoms with van der Waals surface area (Å²) in [6, 6.07) is 6.07. The van der Waals surface area contributed by atoms with E-state index in [1.165, 1.54) is 0 Å². The highest BCUT2D eigenvalue weighted by Gasteiger charge is 2.23. The molecule has 23 heavy (non-hydrogen) atoms. The maximum atomic E-state index is 12.5. The first kappa shape index (κ1) is 16.1. The van der Waals surface area contributed by atoms with Crippen molar-refractivity contribution in [3.8, 4) is 0 Å². The van der Waals surface area contributed by atoms with E-state index in [2.05, 4.69) is 36.9 Å². The fraction of sp³-hybridized carbons (Fsp3) is 0.438. The molecule has 2 heterocycles. The van der Waals surface area contributed by atoms with Gasteiger partial charge in [-0.15, -0.1) is 5.10 Å². The third-order valence-corrected chi connectivity index (χ3v) is 4.73. The number of nitrogens with one attached hydrogen (secondary N) is 2. The summed E-state index contributed by atoms with van der Waals surface area (Å²) in [4.78, 5) is 12.5. The third-order valence-electron chi connectivity index (χ3n) is 4.23. The van der Waals surface area contributed by atoms with Gasteiger partial charge in [0.25, 0.3) is 5.91 Å². The van der Waals surface area contributed by atoms with Crippen LogP contribution in [0.5, 0.6) is 0 Å². The van der Waals surface area contributed by atoms with E-state index < -0.39 is 0 Å². The van der Waals surface area contributed by atoms with Crippen LogP contribution in [0.2, 0.25) is 0 Å². The van der Waals surface area contributed by atoms with Crippen LogP contribution >= 0.6 is 15.9 Å². The number of aryl methyl sites for hydroxylation is 1. The van der Waals surface area contributed by atoms with Gasteiger partial charge in [-0.1, -0.05) is 21.1 Å². The summed E-state index contributed by atoms with van der Waals surface area (Å²) in [6.45, 7) is 5.82. The molecule has 2 N–H and O–H groups in total. The Labute approximate surface area is 143 Å². The van der Waals surface area contributed by atoms with Crippen LogP contribution in [-0.2, 0) is 0 Å². The predicted molar refractivity (Wildman–Crippen MR) is 92.7 cm³/mol. The zero-order valence-electron chi connectivity index (χ0n) is 13.3. The molecule has 122 valence electrons.